The Balaban J connectivity index is 1.10. The zero-order valence-electron chi connectivity index (χ0n) is 38.4. The number of furan rings is 1. The molecule has 1 aromatic heterocycles. The van der Waals surface area contributed by atoms with Gasteiger partial charge in [-0.15, -0.1) is 0 Å². The molecule has 312 valence electrons. The highest BCUT2D eigenvalue weighted by atomic mass is 16.3. The number of fused-ring (bicyclic) bond motifs is 10. The van der Waals surface area contributed by atoms with Crippen molar-refractivity contribution in [1.82, 2.24) is 0 Å². The van der Waals surface area contributed by atoms with E-state index in [9.17, 15) is 0 Å². The molecular formula is C60H53BN2O. The summed E-state index contributed by atoms with van der Waals surface area (Å²) in [6.07, 6.45) is 0. The fourth-order valence-corrected chi connectivity index (χ4v) is 11.3. The van der Waals surface area contributed by atoms with Gasteiger partial charge in [-0.25, -0.2) is 0 Å². The number of anilines is 6. The summed E-state index contributed by atoms with van der Waals surface area (Å²) in [5, 5.41) is 2.30. The summed E-state index contributed by atoms with van der Waals surface area (Å²) < 4.78 is 6.32. The number of hydrogen-bond acceptors (Lipinski definition) is 3. The lowest BCUT2D eigenvalue weighted by Crippen LogP contribution is -2.61. The molecule has 0 unspecified atom stereocenters. The summed E-state index contributed by atoms with van der Waals surface area (Å²) in [6, 6.07) is 59.7. The zero-order chi connectivity index (χ0) is 44.0. The zero-order valence-corrected chi connectivity index (χ0v) is 38.4. The van der Waals surface area contributed by atoms with Crippen molar-refractivity contribution in [2.24, 2.45) is 0 Å². The third-order valence-corrected chi connectivity index (χ3v) is 14.6. The number of hydrogen-bond donors (Lipinski definition) is 0. The van der Waals surface area contributed by atoms with Gasteiger partial charge in [0.25, 0.3) is 6.71 Å². The van der Waals surface area contributed by atoms with Gasteiger partial charge in [0.2, 0.25) is 0 Å². The maximum atomic E-state index is 6.32. The molecule has 8 aromatic carbocycles. The second-order valence-electron chi connectivity index (χ2n) is 21.1. The Kier molecular flexibility index (Phi) is 8.12. The molecule has 2 aliphatic heterocycles. The third kappa shape index (κ3) is 5.60. The molecule has 0 amide bonds. The molecule has 4 heteroatoms. The molecular weight excluding hydrogens is 775 g/mol. The predicted molar refractivity (Wildman–Crippen MR) is 273 cm³/mol. The van der Waals surface area contributed by atoms with E-state index in [0.717, 1.165) is 27.6 Å². The number of para-hydroxylation sites is 1. The lowest BCUT2D eigenvalue weighted by Gasteiger charge is -2.45. The molecule has 3 heterocycles. The maximum Gasteiger partial charge on any atom is 0.252 e. The highest BCUT2D eigenvalue weighted by Gasteiger charge is 2.45. The average Bonchev–Trinajstić information content (AvgIpc) is 3.77. The summed E-state index contributed by atoms with van der Waals surface area (Å²) in [6.45, 7) is 21.1. The summed E-state index contributed by atoms with van der Waals surface area (Å²) >= 11 is 0. The third-order valence-electron chi connectivity index (χ3n) is 14.6. The lowest BCUT2D eigenvalue weighted by atomic mass is 9.33. The Morgan fingerprint density at radius 2 is 1.05 bits per heavy atom. The van der Waals surface area contributed by atoms with E-state index in [-0.39, 0.29) is 23.0 Å². The van der Waals surface area contributed by atoms with E-state index in [1.807, 2.05) is 6.07 Å². The van der Waals surface area contributed by atoms with Gasteiger partial charge in [0, 0.05) is 50.3 Å². The Morgan fingerprint density at radius 3 is 1.72 bits per heavy atom. The van der Waals surface area contributed by atoms with Crippen molar-refractivity contribution in [2.75, 3.05) is 9.80 Å². The van der Waals surface area contributed by atoms with Gasteiger partial charge < -0.3 is 14.2 Å². The van der Waals surface area contributed by atoms with Gasteiger partial charge in [0.1, 0.15) is 11.2 Å². The van der Waals surface area contributed by atoms with Crippen molar-refractivity contribution >= 4 is 79.2 Å². The first-order valence-electron chi connectivity index (χ1n) is 23.0. The molecule has 0 atom stereocenters. The quantitative estimate of drug-likeness (QED) is 0.165. The predicted octanol–water partition coefficient (Wildman–Crippen LogP) is 14.5. The van der Waals surface area contributed by atoms with Crippen LogP contribution in [0.5, 0.6) is 0 Å². The average molecular weight is 829 g/mol. The van der Waals surface area contributed by atoms with Crippen LogP contribution < -0.4 is 26.2 Å². The van der Waals surface area contributed by atoms with Crippen LogP contribution in [-0.2, 0) is 16.2 Å². The lowest BCUT2D eigenvalue weighted by molar-refractivity contribution is 0.590. The summed E-state index contributed by atoms with van der Waals surface area (Å²) in [5.74, 6) is 0. The number of aryl methyl sites for hydroxylation is 1. The SMILES string of the molecule is Cc1cc2c3c(c1)N(c1ccc4c(c1)C(C)(C)c1ccccc1-4)c1ccc(C(C)(C)C)cc1B3c1cc(C(C)(C)C)ccc1N2c1ccc(-c2cccc3oc4ccccc4c23)cc1. The fourth-order valence-electron chi connectivity index (χ4n) is 11.3. The monoisotopic (exact) mass is 828 g/mol. The van der Waals surface area contributed by atoms with Crippen LogP contribution in [0.2, 0.25) is 0 Å². The van der Waals surface area contributed by atoms with Crippen molar-refractivity contribution in [3.05, 3.63) is 186 Å². The van der Waals surface area contributed by atoms with E-state index in [1.165, 1.54) is 94.9 Å². The topological polar surface area (TPSA) is 19.6 Å². The van der Waals surface area contributed by atoms with Crippen LogP contribution in [0.4, 0.5) is 34.1 Å². The minimum absolute atomic E-state index is 0.0226. The molecule has 12 rings (SSSR count). The molecule has 0 saturated carbocycles. The molecule has 0 fully saturated rings. The minimum atomic E-state index is -0.118. The fraction of sp³-hybridized carbons (Fsp3) is 0.200. The van der Waals surface area contributed by atoms with Gasteiger partial charge in [-0.2, -0.15) is 0 Å². The second kappa shape index (κ2) is 13.4. The normalized spacial score (nSPS) is 14.7. The van der Waals surface area contributed by atoms with Crippen LogP contribution >= 0.6 is 0 Å². The highest BCUT2D eigenvalue weighted by Crippen LogP contribution is 2.52. The molecule has 1 aliphatic carbocycles. The van der Waals surface area contributed by atoms with E-state index in [2.05, 4.69) is 224 Å². The van der Waals surface area contributed by atoms with Gasteiger partial charge in [-0.1, -0.05) is 152 Å². The highest BCUT2D eigenvalue weighted by molar-refractivity contribution is 7.00. The van der Waals surface area contributed by atoms with Crippen LogP contribution in [0.1, 0.15) is 83.2 Å². The van der Waals surface area contributed by atoms with Crippen molar-refractivity contribution in [2.45, 2.75) is 78.6 Å². The minimum Gasteiger partial charge on any atom is -0.456 e. The number of rotatable bonds is 3. The summed E-state index contributed by atoms with van der Waals surface area (Å²) in [5.41, 5.74) is 24.7. The Morgan fingerprint density at radius 1 is 0.484 bits per heavy atom. The molecule has 3 nitrogen and oxygen atoms in total. The Hall–Kier alpha value is -6.78. The molecule has 0 bridgehead atoms. The van der Waals surface area contributed by atoms with Gasteiger partial charge in [0.05, 0.1) is 0 Å². The first-order chi connectivity index (χ1) is 30.7. The maximum absolute atomic E-state index is 6.32. The van der Waals surface area contributed by atoms with Crippen LogP contribution in [-0.4, -0.2) is 6.71 Å². The molecule has 0 spiro atoms. The van der Waals surface area contributed by atoms with Crippen LogP contribution in [0, 0.1) is 6.92 Å². The summed E-state index contributed by atoms with van der Waals surface area (Å²) in [4.78, 5) is 5.13. The van der Waals surface area contributed by atoms with Crippen LogP contribution in [0.3, 0.4) is 0 Å². The van der Waals surface area contributed by atoms with Crippen LogP contribution in [0.25, 0.3) is 44.2 Å². The van der Waals surface area contributed by atoms with Crippen molar-refractivity contribution in [3.63, 3.8) is 0 Å². The Labute approximate surface area is 378 Å². The molecule has 64 heavy (non-hydrogen) atoms. The molecule has 0 radical (unpaired) electrons. The van der Waals surface area contributed by atoms with Crippen molar-refractivity contribution in [3.8, 4) is 22.3 Å². The van der Waals surface area contributed by atoms with E-state index in [4.69, 9.17) is 4.42 Å². The van der Waals surface area contributed by atoms with Gasteiger partial charge in [-0.05, 0) is 145 Å². The summed E-state index contributed by atoms with van der Waals surface area (Å²) in [7, 11) is 0. The van der Waals surface area contributed by atoms with Gasteiger partial charge in [-0.3, -0.25) is 0 Å². The van der Waals surface area contributed by atoms with E-state index >= 15 is 0 Å². The Bertz CT molecular complexity index is 3410. The second-order valence-corrected chi connectivity index (χ2v) is 21.1. The number of nitrogens with zero attached hydrogens (tertiary/aromatic N) is 2. The first-order valence-corrected chi connectivity index (χ1v) is 23.0. The van der Waals surface area contributed by atoms with E-state index < -0.39 is 0 Å². The van der Waals surface area contributed by atoms with Crippen LogP contribution in [0.15, 0.2) is 162 Å². The van der Waals surface area contributed by atoms with Gasteiger partial charge in [0.15, 0.2) is 0 Å². The van der Waals surface area contributed by atoms with Gasteiger partial charge >= 0.3 is 0 Å². The standard InChI is InChI=1S/C60H53BN2O/c1-36-31-52-57-53(32-36)63(41-27-28-44-43-15-10-12-18-46(43)60(8,9)47(44)35-41)51-30-24-39(59(5,6)7)34-49(51)61(57)48-33-38(58(2,3)4)23-29-50(48)62(52)40-25-21-37(22-26-40)42-17-14-20-55-56(42)45-16-11-13-19-54(45)64-55/h10-35H,1-9H3. The molecule has 0 N–H and O–H groups in total. The first kappa shape index (κ1) is 38.9. The molecule has 0 saturated heterocycles. The van der Waals surface area contributed by atoms with E-state index in [0.29, 0.717) is 0 Å². The number of benzene rings is 8. The largest absolute Gasteiger partial charge is 0.456 e. The van der Waals surface area contributed by atoms with Crippen molar-refractivity contribution in [1.29, 1.82) is 0 Å². The van der Waals surface area contributed by atoms with Crippen molar-refractivity contribution < 1.29 is 4.42 Å². The molecule has 3 aliphatic rings. The molecule has 9 aromatic rings. The smallest absolute Gasteiger partial charge is 0.252 e. The van der Waals surface area contributed by atoms with E-state index in [1.54, 1.807) is 0 Å².